The van der Waals surface area contributed by atoms with Crippen molar-refractivity contribution >= 4 is 23.2 Å². The molecule has 2 aromatic carbocycles. The quantitative estimate of drug-likeness (QED) is 0.684. The molecule has 0 bridgehead atoms. The number of carbonyl (C=O) groups excluding carboxylic acids is 2. The largest absolute Gasteiger partial charge is 0.454 e. The number of anilines is 2. The Morgan fingerprint density at radius 2 is 1.93 bits per heavy atom. The van der Waals surface area contributed by atoms with Crippen molar-refractivity contribution in [1.29, 1.82) is 0 Å². The number of nitrogens with one attached hydrogen (secondary N) is 2. The first-order valence-electron chi connectivity index (χ1n) is 8.67. The Labute approximate surface area is 164 Å². The van der Waals surface area contributed by atoms with Gasteiger partial charge >= 0.3 is 0 Å². The summed E-state index contributed by atoms with van der Waals surface area (Å²) in [6.07, 6.45) is 0. The fraction of sp³-hybridized carbons (Fsp3) is 0.158. The van der Waals surface area contributed by atoms with Crippen LogP contribution in [0.4, 0.5) is 15.8 Å². The summed E-state index contributed by atoms with van der Waals surface area (Å²) in [5, 5.41) is 12.8. The van der Waals surface area contributed by atoms with E-state index in [0.29, 0.717) is 22.9 Å². The maximum absolute atomic E-state index is 13.7. The predicted molar refractivity (Wildman–Crippen MR) is 100 cm³/mol. The summed E-state index contributed by atoms with van der Waals surface area (Å²) in [5.41, 5.74) is 0.949. The second-order valence-electron chi connectivity index (χ2n) is 6.23. The molecule has 29 heavy (non-hydrogen) atoms. The van der Waals surface area contributed by atoms with Crippen molar-refractivity contribution in [3.8, 4) is 11.5 Å². The van der Waals surface area contributed by atoms with Crippen LogP contribution in [-0.4, -0.2) is 33.6 Å². The lowest BCUT2D eigenvalue weighted by molar-refractivity contribution is -0.117. The molecule has 1 aromatic heterocycles. The highest BCUT2D eigenvalue weighted by atomic mass is 19.1. The Balaban J connectivity index is 1.42. The summed E-state index contributed by atoms with van der Waals surface area (Å²) in [6, 6.07) is 10.8. The topological polar surface area (TPSA) is 107 Å². The van der Waals surface area contributed by atoms with Gasteiger partial charge in [-0.25, -0.2) is 9.07 Å². The van der Waals surface area contributed by atoms with Gasteiger partial charge in [0.05, 0.1) is 11.4 Å². The van der Waals surface area contributed by atoms with Gasteiger partial charge in [0.25, 0.3) is 5.91 Å². The summed E-state index contributed by atoms with van der Waals surface area (Å²) < 4.78 is 25.5. The second kappa shape index (κ2) is 7.58. The lowest BCUT2D eigenvalue weighted by atomic mass is 10.2. The van der Waals surface area contributed by atoms with Crippen LogP contribution in [0.2, 0.25) is 0 Å². The molecule has 1 aliphatic rings. The highest BCUT2D eigenvalue weighted by Crippen LogP contribution is 2.34. The zero-order valence-corrected chi connectivity index (χ0v) is 15.3. The Morgan fingerprint density at radius 1 is 1.14 bits per heavy atom. The number of carbonyl (C=O) groups is 2. The zero-order chi connectivity index (χ0) is 20.4. The molecule has 10 heteroatoms. The number of para-hydroxylation sites is 1. The van der Waals surface area contributed by atoms with Crippen LogP contribution in [0.15, 0.2) is 42.5 Å². The van der Waals surface area contributed by atoms with E-state index in [2.05, 4.69) is 20.9 Å². The SMILES string of the molecule is Cc1c(C(=O)Nc2ccccc2F)nnn1CC(=O)Nc1ccc2c(c1)OCO2. The van der Waals surface area contributed by atoms with Crippen LogP contribution in [0, 0.1) is 12.7 Å². The number of hydrogen-bond donors (Lipinski definition) is 2. The molecule has 2 amide bonds. The number of benzene rings is 2. The predicted octanol–water partition coefficient (Wildman–Crippen LogP) is 2.35. The van der Waals surface area contributed by atoms with E-state index in [4.69, 9.17) is 9.47 Å². The molecular weight excluding hydrogens is 381 g/mol. The highest BCUT2D eigenvalue weighted by molar-refractivity contribution is 6.03. The average molecular weight is 397 g/mol. The second-order valence-corrected chi connectivity index (χ2v) is 6.23. The van der Waals surface area contributed by atoms with Gasteiger partial charge in [0.2, 0.25) is 12.7 Å². The van der Waals surface area contributed by atoms with E-state index < -0.39 is 11.7 Å². The van der Waals surface area contributed by atoms with Gasteiger partial charge in [0.15, 0.2) is 17.2 Å². The first-order valence-corrected chi connectivity index (χ1v) is 8.67. The third-order valence-corrected chi connectivity index (χ3v) is 4.27. The maximum atomic E-state index is 13.7. The van der Waals surface area contributed by atoms with Crippen LogP contribution in [0.3, 0.4) is 0 Å². The Hall–Kier alpha value is -3.95. The molecule has 4 rings (SSSR count). The molecule has 2 N–H and O–H groups in total. The molecule has 0 aliphatic carbocycles. The van der Waals surface area contributed by atoms with E-state index in [1.54, 1.807) is 31.2 Å². The van der Waals surface area contributed by atoms with Gasteiger partial charge in [-0.05, 0) is 31.2 Å². The molecule has 0 atom stereocenters. The number of amides is 2. The number of halogens is 1. The van der Waals surface area contributed by atoms with Gasteiger partial charge < -0.3 is 20.1 Å². The van der Waals surface area contributed by atoms with Crippen LogP contribution in [0.5, 0.6) is 11.5 Å². The Bertz CT molecular complexity index is 1100. The minimum Gasteiger partial charge on any atom is -0.454 e. The number of fused-ring (bicyclic) bond motifs is 1. The van der Waals surface area contributed by atoms with Crippen molar-refractivity contribution in [3.63, 3.8) is 0 Å². The molecule has 0 spiro atoms. The van der Waals surface area contributed by atoms with Crippen molar-refractivity contribution in [2.75, 3.05) is 17.4 Å². The van der Waals surface area contributed by atoms with E-state index in [9.17, 15) is 14.0 Å². The van der Waals surface area contributed by atoms with Crippen molar-refractivity contribution in [2.24, 2.45) is 0 Å². The van der Waals surface area contributed by atoms with Crippen LogP contribution in [0.25, 0.3) is 0 Å². The van der Waals surface area contributed by atoms with Gasteiger partial charge in [-0.1, -0.05) is 17.3 Å². The van der Waals surface area contributed by atoms with Crippen molar-refractivity contribution in [3.05, 3.63) is 59.7 Å². The standard InChI is InChI=1S/C19H16FN5O4/c1-11-18(19(27)22-14-5-3-2-4-13(14)20)23-24-25(11)9-17(26)21-12-6-7-15-16(8-12)29-10-28-15/h2-8H,9-10H2,1H3,(H,21,26)(H,22,27). The minimum atomic E-state index is -0.616. The molecular formula is C19H16FN5O4. The molecule has 2 heterocycles. The molecule has 0 unspecified atom stereocenters. The summed E-state index contributed by atoms with van der Waals surface area (Å²) in [4.78, 5) is 24.7. The lowest BCUT2D eigenvalue weighted by Crippen LogP contribution is -2.21. The van der Waals surface area contributed by atoms with E-state index in [1.165, 1.54) is 22.9 Å². The van der Waals surface area contributed by atoms with Crippen molar-refractivity contribution in [1.82, 2.24) is 15.0 Å². The summed E-state index contributed by atoms with van der Waals surface area (Å²) >= 11 is 0. The summed E-state index contributed by atoms with van der Waals surface area (Å²) in [6.45, 7) is 1.59. The zero-order valence-electron chi connectivity index (χ0n) is 15.3. The van der Waals surface area contributed by atoms with Crippen LogP contribution in [0.1, 0.15) is 16.2 Å². The molecule has 0 fully saturated rings. The number of ether oxygens (including phenoxy) is 2. The third-order valence-electron chi connectivity index (χ3n) is 4.27. The minimum absolute atomic E-state index is 0.00383. The summed E-state index contributed by atoms with van der Waals surface area (Å²) in [7, 11) is 0. The van der Waals surface area contributed by atoms with Gasteiger partial charge in [-0.2, -0.15) is 0 Å². The number of hydrogen-bond acceptors (Lipinski definition) is 6. The molecule has 0 saturated heterocycles. The van der Waals surface area contributed by atoms with Crippen molar-refractivity contribution in [2.45, 2.75) is 13.5 Å². The molecule has 3 aromatic rings. The van der Waals surface area contributed by atoms with E-state index in [-0.39, 0.29) is 30.6 Å². The molecule has 1 aliphatic heterocycles. The number of aromatic nitrogens is 3. The van der Waals surface area contributed by atoms with Gasteiger partial charge in [0, 0.05) is 11.8 Å². The highest BCUT2D eigenvalue weighted by Gasteiger charge is 2.19. The molecule has 9 nitrogen and oxygen atoms in total. The average Bonchev–Trinajstić information content (AvgIpc) is 3.30. The monoisotopic (exact) mass is 397 g/mol. The van der Waals surface area contributed by atoms with Crippen LogP contribution >= 0.6 is 0 Å². The van der Waals surface area contributed by atoms with Crippen molar-refractivity contribution < 1.29 is 23.5 Å². The lowest BCUT2D eigenvalue weighted by Gasteiger charge is -2.07. The van der Waals surface area contributed by atoms with E-state index >= 15 is 0 Å². The molecule has 0 radical (unpaired) electrons. The molecule has 0 saturated carbocycles. The maximum Gasteiger partial charge on any atom is 0.278 e. The number of nitrogens with zero attached hydrogens (tertiary/aromatic N) is 3. The van der Waals surface area contributed by atoms with Gasteiger partial charge in [-0.3, -0.25) is 9.59 Å². The van der Waals surface area contributed by atoms with E-state index in [1.807, 2.05) is 0 Å². The van der Waals surface area contributed by atoms with Crippen LogP contribution in [-0.2, 0) is 11.3 Å². The normalized spacial score (nSPS) is 11.9. The first-order chi connectivity index (χ1) is 14.0. The van der Waals surface area contributed by atoms with Crippen LogP contribution < -0.4 is 20.1 Å². The number of rotatable bonds is 5. The third kappa shape index (κ3) is 3.86. The Morgan fingerprint density at radius 3 is 2.76 bits per heavy atom. The van der Waals surface area contributed by atoms with Gasteiger partial charge in [0.1, 0.15) is 12.4 Å². The smallest absolute Gasteiger partial charge is 0.278 e. The fourth-order valence-corrected chi connectivity index (χ4v) is 2.78. The fourth-order valence-electron chi connectivity index (χ4n) is 2.78. The van der Waals surface area contributed by atoms with E-state index in [0.717, 1.165) is 0 Å². The Kier molecular flexibility index (Phi) is 4.82. The summed E-state index contributed by atoms with van der Waals surface area (Å²) in [5.74, 6) is -0.380. The van der Waals surface area contributed by atoms with Gasteiger partial charge in [-0.15, -0.1) is 5.10 Å². The molecule has 148 valence electrons. The first kappa shape index (κ1) is 18.4.